The summed E-state index contributed by atoms with van der Waals surface area (Å²) in [5, 5.41) is 0. The zero-order chi connectivity index (χ0) is 11.1. The summed E-state index contributed by atoms with van der Waals surface area (Å²) in [6.07, 6.45) is 4.19. The molecule has 1 rings (SSSR count). The van der Waals surface area contributed by atoms with Crippen LogP contribution in [0.15, 0.2) is 17.3 Å². The van der Waals surface area contributed by atoms with Gasteiger partial charge in [-0.25, -0.2) is 4.99 Å². The molecule has 15 heavy (non-hydrogen) atoms. The summed E-state index contributed by atoms with van der Waals surface area (Å²) in [5.41, 5.74) is 1.84. The Bertz CT molecular complexity index is 331. The number of hydrogen-bond donors (Lipinski definition) is 1. The predicted molar refractivity (Wildman–Crippen MR) is 58.4 cm³/mol. The molecular formula is C10H15N3O2. The van der Waals surface area contributed by atoms with Crippen LogP contribution in [-0.2, 0) is 16.0 Å². The van der Waals surface area contributed by atoms with Crippen molar-refractivity contribution >= 4 is 18.5 Å². The number of nitrogens with zero attached hydrogens (tertiary/aromatic N) is 2. The van der Waals surface area contributed by atoms with Crippen LogP contribution in [0, 0.1) is 0 Å². The first kappa shape index (κ1) is 11.3. The van der Waals surface area contributed by atoms with Crippen LogP contribution in [0.4, 0.5) is 5.69 Å². The van der Waals surface area contributed by atoms with Gasteiger partial charge in [0.1, 0.15) is 0 Å². The maximum Gasteiger partial charge on any atom is 0.293 e. The molecule has 0 aromatic carbocycles. The average molecular weight is 209 g/mol. The number of H-pyrrole nitrogens is 1. The molecule has 0 saturated carbocycles. The smallest absolute Gasteiger partial charge is 0.293 e. The molecule has 5 nitrogen and oxygen atoms in total. The molecule has 0 spiro atoms. The molecule has 0 aliphatic carbocycles. The van der Waals surface area contributed by atoms with Gasteiger partial charge >= 0.3 is 0 Å². The zero-order valence-corrected chi connectivity index (χ0v) is 8.93. The molecule has 82 valence electrons. The van der Waals surface area contributed by atoms with Crippen LogP contribution < -0.4 is 0 Å². The summed E-state index contributed by atoms with van der Waals surface area (Å²) >= 11 is 0. The van der Waals surface area contributed by atoms with E-state index in [1.807, 2.05) is 31.3 Å². The number of aromatic nitrogens is 1. The van der Waals surface area contributed by atoms with Gasteiger partial charge in [-0.05, 0) is 6.07 Å². The van der Waals surface area contributed by atoms with Gasteiger partial charge in [0.15, 0.2) is 0 Å². The molecular weight excluding hydrogens is 194 g/mol. The van der Waals surface area contributed by atoms with E-state index in [9.17, 15) is 4.79 Å². The van der Waals surface area contributed by atoms with Crippen LogP contribution >= 0.6 is 0 Å². The predicted octanol–water partition coefficient (Wildman–Crippen LogP) is 0.952. The second-order valence-electron chi connectivity index (χ2n) is 3.27. The van der Waals surface area contributed by atoms with E-state index in [1.54, 1.807) is 6.34 Å². The van der Waals surface area contributed by atoms with Gasteiger partial charge in [-0.3, -0.25) is 4.79 Å². The lowest BCUT2D eigenvalue weighted by atomic mass is 10.3. The lowest BCUT2D eigenvalue weighted by molar-refractivity contribution is -0.128. The van der Waals surface area contributed by atoms with E-state index in [4.69, 9.17) is 0 Å². The van der Waals surface area contributed by atoms with E-state index >= 15 is 0 Å². The monoisotopic (exact) mass is 209 g/mol. The molecule has 1 N–H and O–H groups in total. The van der Waals surface area contributed by atoms with Crippen molar-refractivity contribution in [2.75, 3.05) is 20.7 Å². The maximum atomic E-state index is 9.96. The topological polar surface area (TPSA) is 57.7 Å². The number of nitrogens with one attached hydrogen (secondary N) is 1. The second-order valence-corrected chi connectivity index (χ2v) is 3.27. The number of ether oxygens (including phenoxy) is 1. The number of carbonyl (C=O) groups excluding carboxylic acids is 1. The first-order chi connectivity index (χ1) is 7.24. The Hall–Kier alpha value is -1.78. The summed E-state index contributed by atoms with van der Waals surface area (Å²) in [7, 11) is 3.82. The van der Waals surface area contributed by atoms with E-state index < -0.39 is 0 Å². The third kappa shape index (κ3) is 3.84. The van der Waals surface area contributed by atoms with Crippen LogP contribution in [-0.4, -0.2) is 43.4 Å². The highest BCUT2D eigenvalue weighted by atomic mass is 16.5. The third-order valence-electron chi connectivity index (χ3n) is 1.77. The number of rotatable bonds is 6. The van der Waals surface area contributed by atoms with E-state index in [0.29, 0.717) is 19.5 Å². The van der Waals surface area contributed by atoms with Crippen LogP contribution in [0.1, 0.15) is 5.69 Å². The van der Waals surface area contributed by atoms with Crippen molar-refractivity contribution in [2.24, 2.45) is 4.99 Å². The van der Waals surface area contributed by atoms with Crippen molar-refractivity contribution in [3.05, 3.63) is 18.0 Å². The normalized spacial score (nSPS) is 10.5. The lowest BCUT2D eigenvalue weighted by Crippen LogP contribution is -2.07. The number of aromatic amines is 1. The number of hydrogen-bond acceptors (Lipinski definition) is 3. The summed E-state index contributed by atoms with van der Waals surface area (Å²) in [6, 6.07) is 1.89. The molecule has 5 heteroatoms. The van der Waals surface area contributed by atoms with Gasteiger partial charge in [0, 0.05) is 32.4 Å². The fourth-order valence-electron chi connectivity index (χ4n) is 1.10. The standard InChI is InChI=1S/C10H15N3O2/c1-13(2)7-12-9-3-5-11-10(9)4-6-15-8-14/h3,5,7-8,11H,4,6H2,1-2H3. The molecule has 1 aromatic rings. The molecule has 1 heterocycles. The number of carbonyl (C=O) groups is 1. The van der Waals surface area contributed by atoms with E-state index in [-0.39, 0.29) is 0 Å². The molecule has 0 saturated heterocycles. The molecule has 1 aromatic heterocycles. The largest absolute Gasteiger partial charge is 0.467 e. The molecule has 0 aliphatic heterocycles. The summed E-state index contributed by atoms with van der Waals surface area (Å²) in [6.45, 7) is 0.820. The Labute approximate surface area is 88.8 Å². The van der Waals surface area contributed by atoms with Crippen molar-refractivity contribution in [1.29, 1.82) is 0 Å². The molecule has 0 aliphatic rings. The van der Waals surface area contributed by atoms with Gasteiger partial charge in [0.2, 0.25) is 0 Å². The molecule has 0 atom stereocenters. The highest BCUT2D eigenvalue weighted by molar-refractivity contribution is 5.61. The zero-order valence-electron chi connectivity index (χ0n) is 8.93. The Morgan fingerprint density at radius 3 is 3.07 bits per heavy atom. The fraction of sp³-hybridized carbons (Fsp3) is 0.400. The van der Waals surface area contributed by atoms with E-state index in [2.05, 4.69) is 14.7 Å². The second kappa shape index (κ2) is 5.85. The van der Waals surface area contributed by atoms with Gasteiger partial charge in [-0.15, -0.1) is 0 Å². The highest BCUT2D eigenvalue weighted by Gasteiger charge is 2.01. The van der Waals surface area contributed by atoms with Crippen LogP contribution in [0.2, 0.25) is 0 Å². The lowest BCUT2D eigenvalue weighted by Gasteiger charge is -2.03. The van der Waals surface area contributed by atoms with Gasteiger partial charge in [0.25, 0.3) is 6.47 Å². The molecule has 0 unspecified atom stereocenters. The Kier molecular flexibility index (Phi) is 4.40. The van der Waals surface area contributed by atoms with Gasteiger partial charge in [0.05, 0.1) is 18.6 Å². The quantitative estimate of drug-likeness (QED) is 0.328. The first-order valence-electron chi connectivity index (χ1n) is 4.66. The van der Waals surface area contributed by atoms with Crippen molar-refractivity contribution in [1.82, 2.24) is 9.88 Å². The minimum Gasteiger partial charge on any atom is -0.467 e. The summed E-state index contributed by atoms with van der Waals surface area (Å²) in [5.74, 6) is 0. The molecule has 0 fully saturated rings. The average Bonchev–Trinajstić information content (AvgIpc) is 2.63. The van der Waals surface area contributed by atoms with E-state index in [0.717, 1.165) is 11.4 Å². The van der Waals surface area contributed by atoms with Crippen LogP contribution in [0.25, 0.3) is 0 Å². The van der Waals surface area contributed by atoms with E-state index in [1.165, 1.54) is 0 Å². The minimum absolute atomic E-state index is 0.370. The summed E-state index contributed by atoms with van der Waals surface area (Å²) in [4.78, 5) is 19.2. The summed E-state index contributed by atoms with van der Waals surface area (Å²) < 4.78 is 4.62. The Balaban J connectivity index is 2.56. The highest BCUT2D eigenvalue weighted by Crippen LogP contribution is 2.17. The van der Waals surface area contributed by atoms with Gasteiger partial charge in [-0.1, -0.05) is 0 Å². The molecule has 0 amide bonds. The van der Waals surface area contributed by atoms with Gasteiger partial charge in [-0.2, -0.15) is 0 Å². The van der Waals surface area contributed by atoms with Gasteiger partial charge < -0.3 is 14.6 Å². The maximum absolute atomic E-state index is 9.96. The third-order valence-corrected chi connectivity index (χ3v) is 1.77. The minimum atomic E-state index is 0.370. The van der Waals surface area contributed by atoms with Crippen LogP contribution in [0.5, 0.6) is 0 Å². The fourth-order valence-corrected chi connectivity index (χ4v) is 1.10. The SMILES string of the molecule is CN(C)C=Nc1cc[nH]c1CCOC=O. The molecule has 0 radical (unpaired) electrons. The first-order valence-corrected chi connectivity index (χ1v) is 4.66. The Morgan fingerprint density at radius 1 is 1.60 bits per heavy atom. The molecule has 0 bridgehead atoms. The number of aliphatic imine (C=N–C) groups is 1. The van der Waals surface area contributed by atoms with Crippen molar-refractivity contribution in [2.45, 2.75) is 6.42 Å². The Morgan fingerprint density at radius 2 is 2.40 bits per heavy atom. The van der Waals surface area contributed by atoms with Crippen molar-refractivity contribution in [3.63, 3.8) is 0 Å². The van der Waals surface area contributed by atoms with Crippen molar-refractivity contribution < 1.29 is 9.53 Å². The van der Waals surface area contributed by atoms with Crippen LogP contribution in [0.3, 0.4) is 0 Å². The van der Waals surface area contributed by atoms with Crippen molar-refractivity contribution in [3.8, 4) is 0 Å².